The van der Waals surface area contributed by atoms with Crippen molar-refractivity contribution < 1.29 is 4.74 Å². The van der Waals surface area contributed by atoms with Crippen molar-refractivity contribution in [3.8, 4) is 33.7 Å². The fourth-order valence-corrected chi connectivity index (χ4v) is 7.01. The minimum Gasteiger partial charge on any atom is -0.497 e. The lowest BCUT2D eigenvalue weighted by atomic mass is 9.89. The molecule has 8 aromatic rings. The SMILES string of the molecule is COc1cccc(N2c3cc4c(cc3-c3cccc5cccc2c35)c2cc(-c3ccccc3)ccc2n4-c2ccccc2)c1. The number of fused-ring (bicyclic) bond motifs is 5. The maximum Gasteiger partial charge on any atom is 0.120 e. The zero-order valence-electron chi connectivity index (χ0n) is 24.2. The van der Waals surface area contributed by atoms with Gasteiger partial charge in [0, 0.05) is 39.2 Å². The Hall–Kier alpha value is -5.80. The average molecular weight is 565 g/mol. The number of methoxy groups -OCH3 is 1. The third-order valence-electron chi connectivity index (χ3n) is 8.97. The fraction of sp³-hybridized carbons (Fsp3) is 0.0244. The number of nitrogens with zero attached hydrogens (tertiary/aromatic N) is 2. The van der Waals surface area contributed by atoms with Gasteiger partial charge in [-0.2, -0.15) is 0 Å². The van der Waals surface area contributed by atoms with E-state index < -0.39 is 0 Å². The number of aromatic nitrogens is 1. The van der Waals surface area contributed by atoms with E-state index in [9.17, 15) is 0 Å². The molecule has 1 aliphatic heterocycles. The van der Waals surface area contributed by atoms with Crippen LogP contribution in [0.25, 0.3) is 60.5 Å². The van der Waals surface area contributed by atoms with Crippen LogP contribution in [0.2, 0.25) is 0 Å². The minimum atomic E-state index is 0.836. The molecule has 0 aliphatic carbocycles. The first-order chi connectivity index (χ1) is 21.8. The number of ether oxygens (including phenoxy) is 1. The van der Waals surface area contributed by atoms with Crippen LogP contribution in [0.5, 0.6) is 5.75 Å². The van der Waals surface area contributed by atoms with E-state index in [1.54, 1.807) is 7.11 Å². The standard InChI is InChI=1S/C41H28N2O/c1-44-32-18-10-17-31(24-32)43-38-20-9-14-28-13-8-19-33(41(28)38)35-25-36-34-23-29(27-11-4-2-5-12-27)21-22-37(34)42(40(36)26-39(35)43)30-15-6-3-7-16-30/h2-26H,1H3. The van der Waals surface area contributed by atoms with Crippen LogP contribution in [-0.4, -0.2) is 11.7 Å². The summed E-state index contributed by atoms with van der Waals surface area (Å²) in [5, 5.41) is 4.98. The van der Waals surface area contributed by atoms with Crippen LogP contribution in [0.15, 0.2) is 152 Å². The minimum absolute atomic E-state index is 0.836. The van der Waals surface area contributed by atoms with Gasteiger partial charge >= 0.3 is 0 Å². The maximum atomic E-state index is 5.68. The van der Waals surface area contributed by atoms with Crippen LogP contribution in [0.4, 0.5) is 17.1 Å². The molecule has 1 aromatic heterocycles. The summed E-state index contributed by atoms with van der Waals surface area (Å²) in [6.07, 6.45) is 0. The molecular weight excluding hydrogens is 536 g/mol. The van der Waals surface area contributed by atoms with Gasteiger partial charge in [-0.25, -0.2) is 0 Å². The predicted octanol–water partition coefficient (Wildman–Crippen LogP) is 11.1. The Morgan fingerprint density at radius 2 is 1.20 bits per heavy atom. The molecule has 0 bridgehead atoms. The molecular formula is C41H28N2O. The zero-order chi connectivity index (χ0) is 29.2. The highest BCUT2D eigenvalue weighted by Crippen LogP contribution is 2.53. The van der Waals surface area contributed by atoms with Crippen LogP contribution in [0.1, 0.15) is 0 Å². The molecule has 3 heteroatoms. The molecule has 0 N–H and O–H groups in total. The van der Waals surface area contributed by atoms with E-state index in [0.717, 1.165) is 22.8 Å². The van der Waals surface area contributed by atoms with Crippen LogP contribution >= 0.6 is 0 Å². The second kappa shape index (κ2) is 9.62. The van der Waals surface area contributed by atoms with Crippen molar-refractivity contribution in [2.75, 3.05) is 12.0 Å². The second-order valence-corrected chi connectivity index (χ2v) is 11.4. The van der Waals surface area contributed by atoms with E-state index in [1.165, 1.54) is 60.5 Å². The van der Waals surface area contributed by atoms with Crippen molar-refractivity contribution >= 4 is 49.6 Å². The lowest BCUT2D eigenvalue weighted by molar-refractivity contribution is 0.415. The first-order valence-corrected chi connectivity index (χ1v) is 15.0. The maximum absolute atomic E-state index is 5.68. The highest BCUT2D eigenvalue weighted by atomic mass is 16.5. The quantitative estimate of drug-likeness (QED) is 0.212. The molecule has 0 atom stereocenters. The summed E-state index contributed by atoms with van der Waals surface area (Å²) in [6.45, 7) is 0. The number of hydrogen-bond acceptors (Lipinski definition) is 2. The Morgan fingerprint density at radius 3 is 2.02 bits per heavy atom. The van der Waals surface area contributed by atoms with Gasteiger partial charge in [0.1, 0.15) is 5.75 Å². The van der Waals surface area contributed by atoms with Crippen LogP contribution < -0.4 is 9.64 Å². The highest BCUT2D eigenvalue weighted by molar-refractivity contribution is 6.19. The monoisotopic (exact) mass is 564 g/mol. The molecule has 7 aromatic carbocycles. The lowest BCUT2D eigenvalue weighted by Crippen LogP contribution is -2.15. The van der Waals surface area contributed by atoms with E-state index in [2.05, 4.69) is 155 Å². The lowest BCUT2D eigenvalue weighted by Gasteiger charge is -2.34. The molecule has 0 fully saturated rings. The molecule has 2 heterocycles. The van der Waals surface area contributed by atoms with Gasteiger partial charge in [-0.05, 0) is 76.7 Å². The van der Waals surface area contributed by atoms with Crippen molar-refractivity contribution in [3.05, 3.63) is 152 Å². The molecule has 9 rings (SSSR count). The van der Waals surface area contributed by atoms with E-state index >= 15 is 0 Å². The van der Waals surface area contributed by atoms with Crippen molar-refractivity contribution in [2.45, 2.75) is 0 Å². The van der Waals surface area contributed by atoms with Gasteiger partial charge in [-0.1, -0.05) is 91.0 Å². The molecule has 1 aliphatic rings. The molecule has 3 nitrogen and oxygen atoms in total. The van der Waals surface area contributed by atoms with Crippen molar-refractivity contribution in [3.63, 3.8) is 0 Å². The Labute approximate surface area is 255 Å². The summed E-state index contributed by atoms with van der Waals surface area (Å²) in [5.74, 6) is 0.836. The van der Waals surface area contributed by atoms with E-state index in [0.29, 0.717) is 0 Å². The average Bonchev–Trinajstić information content (AvgIpc) is 3.41. The van der Waals surface area contributed by atoms with Gasteiger partial charge in [0.2, 0.25) is 0 Å². The third-order valence-corrected chi connectivity index (χ3v) is 8.97. The van der Waals surface area contributed by atoms with Crippen molar-refractivity contribution in [1.29, 1.82) is 0 Å². The number of anilines is 3. The van der Waals surface area contributed by atoms with Crippen LogP contribution in [0.3, 0.4) is 0 Å². The fourth-order valence-electron chi connectivity index (χ4n) is 7.01. The Morgan fingerprint density at radius 1 is 0.477 bits per heavy atom. The van der Waals surface area contributed by atoms with Crippen LogP contribution in [-0.2, 0) is 0 Å². The number of benzene rings is 7. The summed E-state index contributed by atoms with van der Waals surface area (Å²) in [7, 11) is 1.73. The van der Waals surface area contributed by atoms with Crippen molar-refractivity contribution in [1.82, 2.24) is 4.57 Å². The van der Waals surface area contributed by atoms with E-state index in [-0.39, 0.29) is 0 Å². The Kier molecular flexibility index (Phi) is 5.41. The van der Waals surface area contributed by atoms with Gasteiger partial charge in [0.15, 0.2) is 0 Å². The molecule has 44 heavy (non-hydrogen) atoms. The Balaban J connectivity index is 1.42. The second-order valence-electron chi connectivity index (χ2n) is 11.4. The molecule has 0 unspecified atom stereocenters. The zero-order valence-corrected chi connectivity index (χ0v) is 24.2. The summed E-state index contributed by atoms with van der Waals surface area (Å²) in [5.41, 5.74) is 11.8. The van der Waals surface area contributed by atoms with Gasteiger partial charge < -0.3 is 14.2 Å². The molecule has 0 saturated carbocycles. The summed E-state index contributed by atoms with van der Waals surface area (Å²) in [6, 6.07) is 54.6. The smallest absolute Gasteiger partial charge is 0.120 e. The molecule has 0 amide bonds. The van der Waals surface area contributed by atoms with E-state index in [1.807, 2.05) is 6.07 Å². The number of rotatable bonds is 4. The molecule has 0 radical (unpaired) electrons. The molecule has 0 spiro atoms. The first-order valence-electron chi connectivity index (χ1n) is 15.0. The first kappa shape index (κ1) is 24.8. The largest absolute Gasteiger partial charge is 0.497 e. The van der Waals surface area contributed by atoms with E-state index in [4.69, 9.17) is 4.74 Å². The third kappa shape index (κ3) is 3.63. The summed E-state index contributed by atoms with van der Waals surface area (Å²) in [4.78, 5) is 2.40. The van der Waals surface area contributed by atoms with Crippen LogP contribution in [0, 0.1) is 0 Å². The van der Waals surface area contributed by atoms with Crippen molar-refractivity contribution in [2.24, 2.45) is 0 Å². The topological polar surface area (TPSA) is 17.4 Å². The molecule has 0 saturated heterocycles. The van der Waals surface area contributed by atoms with Gasteiger partial charge in [0.05, 0.1) is 29.5 Å². The predicted molar refractivity (Wildman–Crippen MR) is 184 cm³/mol. The molecule has 208 valence electrons. The normalized spacial score (nSPS) is 12.2. The van der Waals surface area contributed by atoms with Gasteiger partial charge in [0.25, 0.3) is 0 Å². The summed E-state index contributed by atoms with van der Waals surface area (Å²) >= 11 is 0. The Bertz CT molecular complexity index is 2370. The van der Waals surface area contributed by atoms with Gasteiger partial charge in [-0.3, -0.25) is 0 Å². The number of hydrogen-bond donors (Lipinski definition) is 0. The summed E-state index contributed by atoms with van der Waals surface area (Å²) < 4.78 is 8.09. The highest BCUT2D eigenvalue weighted by Gasteiger charge is 2.28. The number of para-hydroxylation sites is 1. The van der Waals surface area contributed by atoms with Gasteiger partial charge in [-0.15, -0.1) is 0 Å².